The van der Waals surface area contributed by atoms with Gasteiger partial charge in [0, 0.05) is 0 Å². The van der Waals surface area contributed by atoms with Crippen molar-refractivity contribution >= 4 is 34.9 Å². The van der Waals surface area contributed by atoms with Crippen LogP contribution in [0.1, 0.15) is 19.8 Å². The van der Waals surface area contributed by atoms with Crippen LogP contribution < -0.4 is 11.1 Å². The number of nitrogens with zero attached hydrogens (tertiary/aromatic N) is 1. The maximum Gasteiger partial charge on any atom is 0.249 e. The van der Waals surface area contributed by atoms with Gasteiger partial charge in [-0.1, -0.05) is 12.2 Å². The van der Waals surface area contributed by atoms with Crippen LogP contribution >= 0.6 is 12.2 Å². The van der Waals surface area contributed by atoms with Crippen LogP contribution in [0.2, 0.25) is 0 Å². The summed E-state index contributed by atoms with van der Waals surface area (Å²) in [6.45, 7) is 1.46. The van der Waals surface area contributed by atoms with Gasteiger partial charge in [-0.25, -0.2) is 0 Å². The molecule has 0 spiro atoms. The minimum atomic E-state index is -0.818. The summed E-state index contributed by atoms with van der Waals surface area (Å²) in [4.78, 5) is 36.4. The van der Waals surface area contributed by atoms with Gasteiger partial charge in [-0.3, -0.25) is 19.7 Å². The molecule has 3 N–H and O–H groups in total. The van der Waals surface area contributed by atoms with Gasteiger partial charge >= 0.3 is 0 Å². The van der Waals surface area contributed by atoms with Crippen LogP contribution in [-0.4, -0.2) is 40.2 Å². The molecule has 1 aliphatic carbocycles. The maximum absolute atomic E-state index is 12.3. The van der Waals surface area contributed by atoms with Crippen molar-refractivity contribution in [3.05, 3.63) is 0 Å². The number of amides is 3. The Kier molecular flexibility index (Phi) is 2.65. The second-order valence-electron chi connectivity index (χ2n) is 4.47. The van der Waals surface area contributed by atoms with E-state index in [1.54, 1.807) is 6.92 Å². The van der Waals surface area contributed by atoms with E-state index in [4.69, 9.17) is 18.0 Å². The van der Waals surface area contributed by atoms with Gasteiger partial charge < -0.3 is 10.6 Å². The highest BCUT2D eigenvalue weighted by atomic mass is 32.1. The molecule has 0 bridgehead atoms. The van der Waals surface area contributed by atoms with Crippen LogP contribution in [-0.2, 0) is 14.4 Å². The zero-order valence-corrected chi connectivity index (χ0v) is 10.2. The van der Waals surface area contributed by atoms with E-state index in [0.29, 0.717) is 12.8 Å². The molecule has 1 heterocycles. The standard InChI is InChI=1S/C10H13N3O3S/c1-5-7(15)12-6(14)4-13(5)9(16)10(2-3-10)8(11)17/h5H,2-4H2,1H3,(H2,11,17)(H,12,14,15). The van der Waals surface area contributed by atoms with E-state index in [2.05, 4.69) is 5.32 Å². The van der Waals surface area contributed by atoms with Crippen LogP contribution in [0.15, 0.2) is 0 Å². The van der Waals surface area contributed by atoms with Gasteiger partial charge in [0.1, 0.15) is 12.6 Å². The highest BCUT2D eigenvalue weighted by Gasteiger charge is 2.56. The van der Waals surface area contributed by atoms with Gasteiger partial charge in [0.25, 0.3) is 0 Å². The molecule has 1 aliphatic heterocycles. The minimum Gasteiger partial charge on any atom is -0.392 e. The smallest absolute Gasteiger partial charge is 0.249 e. The average molecular weight is 255 g/mol. The first-order valence-corrected chi connectivity index (χ1v) is 5.74. The maximum atomic E-state index is 12.3. The topological polar surface area (TPSA) is 92.5 Å². The van der Waals surface area contributed by atoms with Crippen molar-refractivity contribution in [2.24, 2.45) is 11.1 Å². The van der Waals surface area contributed by atoms with Gasteiger partial charge in [-0.05, 0) is 19.8 Å². The SMILES string of the molecule is CC1C(=O)NC(=O)CN1C(=O)C1(C(N)=S)CC1. The van der Waals surface area contributed by atoms with E-state index in [9.17, 15) is 14.4 Å². The number of thiocarbonyl (C=S) groups is 1. The van der Waals surface area contributed by atoms with Crippen molar-refractivity contribution in [3.8, 4) is 0 Å². The van der Waals surface area contributed by atoms with E-state index in [-0.39, 0.29) is 17.4 Å². The Morgan fingerprint density at radius 1 is 1.53 bits per heavy atom. The normalized spacial score (nSPS) is 26.4. The lowest BCUT2D eigenvalue weighted by Crippen LogP contribution is -2.60. The van der Waals surface area contributed by atoms with E-state index in [1.807, 2.05) is 0 Å². The fourth-order valence-corrected chi connectivity index (χ4v) is 2.22. The molecular weight excluding hydrogens is 242 g/mol. The van der Waals surface area contributed by atoms with Crippen molar-refractivity contribution in [1.29, 1.82) is 0 Å². The monoisotopic (exact) mass is 255 g/mol. The molecule has 0 aromatic carbocycles. The van der Waals surface area contributed by atoms with Crippen LogP contribution in [0.3, 0.4) is 0 Å². The number of nitrogens with two attached hydrogens (primary N) is 1. The summed E-state index contributed by atoms with van der Waals surface area (Å²) >= 11 is 4.88. The lowest BCUT2D eigenvalue weighted by Gasteiger charge is -2.34. The molecule has 2 rings (SSSR count). The Bertz CT molecular complexity index is 431. The third-order valence-electron chi connectivity index (χ3n) is 3.32. The van der Waals surface area contributed by atoms with E-state index < -0.39 is 23.3 Å². The van der Waals surface area contributed by atoms with Crippen LogP contribution in [0.25, 0.3) is 0 Å². The molecule has 92 valence electrons. The van der Waals surface area contributed by atoms with Gasteiger partial charge in [0.15, 0.2) is 0 Å². The van der Waals surface area contributed by atoms with Crippen molar-refractivity contribution in [2.75, 3.05) is 6.54 Å². The quantitative estimate of drug-likeness (QED) is 0.484. The molecule has 0 aromatic rings. The molecule has 6 nitrogen and oxygen atoms in total. The third-order valence-corrected chi connectivity index (χ3v) is 3.71. The fourth-order valence-electron chi connectivity index (χ4n) is 1.93. The van der Waals surface area contributed by atoms with Crippen LogP contribution in [0.5, 0.6) is 0 Å². The molecule has 1 unspecified atom stereocenters. The molecule has 0 radical (unpaired) electrons. The molecule has 0 aromatic heterocycles. The molecule has 17 heavy (non-hydrogen) atoms. The van der Waals surface area contributed by atoms with Crippen molar-refractivity contribution < 1.29 is 14.4 Å². The Labute approximate surface area is 104 Å². The van der Waals surface area contributed by atoms with Crippen molar-refractivity contribution in [3.63, 3.8) is 0 Å². The Morgan fingerprint density at radius 2 is 2.12 bits per heavy atom. The number of piperazine rings is 1. The summed E-state index contributed by atoms with van der Waals surface area (Å²) in [5.41, 5.74) is 4.74. The number of hydrogen-bond donors (Lipinski definition) is 2. The second-order valence-corrected chi connectivity index (χ2v) is 4.91. The van der Waals surface area contributed by atoms with Gasteiger partial charge in [-0.2, -0.15) is 0 Å². The number of rotatable bonds is 2. The molecule has 2 fully saturated rings. The highest BCUT2D eigenvalue weighted by molar-refractivity contribution is 7.80. The largest absolute Gasteiger partial charge is 0.392 e. The Hall–Kier alpha value is -1.50. The molecule has 2 aliphatic rings. The molecular formula is C10H13N3O3S. The minimum absolute atomic E-state index is 0.115. The first kappa shape index (κ1) is 12.0. The van der Waals surface area contributed by atoms with Crippen LogP contribution in [0, 0.1) is 5.41 Å². The van der Waals surface area contributed by atoms with Crippen LogP contribution in [0.4, 0.5) is 0 Å². The summed E-state index contributed by atoms with van der Waals surface area (Å²) in [6.07, 6.45) is 1.19. The molecule has 1 saturated carbocycles. The molecule has 7 heteroatoms. The predicted molar refractivity (Wildman–Crippen MR) is 62.8 cm³/mol. The fraction of sp³-hybridized carbons (Fsp3) is 0.600. The lowest BCUT2D eigenvalue weighted by molar-refractivity contribution is -0.151. The highest BCUT2D eigenvalue weighted by Crippen LogP contribution is 2.47. The molecule has 1 saturated heterocycles. The summed E-state index contributed by atoms with van der Waals surface area (Å²) in [6, 6.07) is -0.660. The number of hydrogen-bond acceptors (Lipinski definition) is 4. The van der Waals surface area contributed by atoms with Crippen molar-refractivity contribution in [2.45, 2.75) is 25.8 Å². The van der Waals surface area contributed by atoms with E-state index in [0.717, 1.165) is 0 Å². The van der Waals surface area contributed by atoms with Gasteiger partial charge in [0.2, 0.25) is 17.7 Å². The number of carbonyl (C=O) groups is 3. The summed E-state index contributed by atoms with van der Waals surface area (Å²) < 4.78 is 0. The summed E-state index contributed by atoms with van der Waals surface area (Å²) in [5.74, 6) is -1.24. The summed E-state index contributed by atoms with van der Waals surface area (Å²) in [5, 5.41) is 2.18. The Balaban J connectivity index is 2.22. The van der Waals surface area contributed by atoms with E-state index >= 15 is 0 Å². The zero-order valence-electron chi connectivity index (χ0n) is 9.36. The first-order valence-electron chi connectivity index (χ1n) is 5.33. The van der Waals surface area contributed by atoms with Gasteiger partial charge in [0.05, 0.1) is 10.4 Å². The number of imide groups is 1. The lowest BCUT2D eigenvalue weighted by atomic mass is 10.0. The number of nitrogens with one attached hydrogen (secondary N) is 1. The zero-order chi connectivity index (χ0) is 12.8. The van der Waals surface area contributed by atoms with Crippen molar-refractivity contribution in [1.82, 2.24) is 10.2 Å². The third kappa shape index (κ3) is 1.80. The van der Waals surface area contributed by atoms with E-state index in [1.165, 1.54) is 4.90 Å². The molecule has 1 atom stereocenters. The average Bonchev–Trinajstić information content (AvgIpc) is 3.03. The predicted octanol–water partition coefficient (Wildman–Crippen LogP) is -1.07. The summed E-state index contributed by atoms with van der Waals surface area (Å²) in [7, 11) is 0. The first-order chi connectivity index (χ1) is 7.88. The molecule has 3 amide bonds. The Morgan fingerprint density at radius 3 is 2.59 bits per heavy atom. The van der Waals surface area contributed by atoms with Gasteiger partial charge in [-0.15, -0.1) is 0 Å². The second kappa shape index (κ2) is 3.76. The number of carbonyl (C=O) groups excluding carboxylic acids is 3.